The van der Waals surface area contributed by atoms with Gasteiger partial charge >= 0.3 is 18.4 Å². The number of aromatic nitrogens is 2. The van der Waals surface area contributed by atoms with Gasteiger partial charge in [0.2, 0.25) is 0 Å². The molecule has 13 heteroatoms. The summed E-state index contributed by atoms with van der Waals surface area (Å²) in [6, 6.07) is 2.90. The monoisotopic (exact) mass is 469 g/mol. The van der Waals surface area contributed by atoms with Crippen molar-refractivity contribution in [3.8, 4) is 11.7 Å². The maximum absolute atomic E-state index is 12.9. The maximum atomic E-state index is 12.9. The van der Waals surface area contributed by atoms with Crippen molar-refractivity contribution in [2.45, 2.75) is 12.4 Å². The van der Waals surface area contributed by atoms with E-state index in [0.717, 1.165) is 0 Å². The van der Waals surface area contributed by atoms with Crippen LogP contribution < -0.4 is 5.32 Å². The average molecular weight is 470 g/mol. The van der Waals surface area contributed by atoms with Crippen LogP contribution >= 0.6 is 15.9 Å². The molecule has 0 saturated heterocycles. The Morgan fingerprint density at radius 1 is 0.929 bits per heavy atom. The van der Waals surface area contributed by atoms with Gasteiger partial charge in [0, 0.05) is 5.56 Å². The van der Waals surface area contributed by atoms with Gasteiger partial charge in [-0.25, -0.2) is 0 Å². The molecule has 28 heavy (non-hydrogen) atoms. The van der Waals surface area contributed by atoms with E-state index in [0.29, 0.717) is 4.67 Å². The van der Waals surface area contributed by atoms with Gasteiger partial charge in [-0.05, 0) is 46.3 Å². The SMILES string of the molecule is O=C(Nc1nnc(-c2ccc(Br)o2)o1)c1cc(C(F)(F)F)cc(C(F)(F)F)c1. The molecule has 0 bridgehead atoms. The fourth-order valence-electron chi connectivity index (χ4n) is 2.06. The highest BCUT2D eigenvalue weighted by Crippen LogP contribution is 2.36. The zero-order chi connectivity index (χ0) is 20.7. The number of rotatable bonds is 3. The molecule has 0 aliphatic carbocycles. The molecule has 0 spiro atoms. The first-order valence-corrected chi connectivity index (χ1v) is 7.93. The van der Waals surface area contributed by atoms with Crippen molar-refractivity contribution in [2.24, 2.45) is 0 Å². The van der Waals surface area contributed by atoms with Crippen molar-refractivity contribution < 1.29 is 40.0 Å². The van der Waals surface area contributed by atoms with E-state index in [1.165, 1.54) is 12.1 Å². The molecule has 1 aromatic carbocycles. The lowest BCUT2D eigenvalue weighted by Gasteiger charge is -2.13. The number of hydrogen-bond acceptors (Lipinski definition) is 5. The van der Waals surface area contributed by atoms with Gasteiger partial charge < -0.3 is 8.83 Å². The topological polar surface area (TPSA) is 81.2 Å². The second kappa shape index (κ2) is 6.96. The first-order chi connectivity index (χ1) is 12.9. The van der Waals surface area contributed by atoms with Crippen molar-refractivity contribution >= 4 is 27.9 Å². The van der Waals surface area contributed by atoms with Crippen LogP contribution in [0.3, 0.4) is 0 Å². The smallest absolute Gasteiger partial charge is 0.416 e. The van der Waals surface area contributed by atoms with Gasteiger partial charge in [0.15, 0.2) is 10.4 Å². The third kappa shape index (κ3) is 4.35. The predicted octanol–water partition coefficient (Wildman–Crippen LogP) is 5.38. The summed E-state index contributed by atoms with van der Waals surface area (Å²) in [5, 5.41) is 8.94. The number of carbonyl (C=O) groups is 1. The van der Waals surface area contributed by atoms with E-state index >= 15 is 0 Å². The molecule has 2 aromatic heterocycles. The van der Waals surface area contributed by atoms with Gasteiger partial charge in [-0.1, -0.05) is 5.10 Å². The molecule has 0 fully saturated rings. The Kier molecular flexibility index (Phi) is 4.95. The predicted molar refractivity (Wildman–Crippen MR) is 84.1 cm³/mol. The van der Waals surface area contributed by atoms with Gasteiger partial charge in [-0.2, -0.15) is 26.3 Å². The van der Waals surface area contributed by atoms with E-state index in [4.69, 9.17) is 8.83 Å². The average Bonchev–Trinajstić information content (AvgIpc) is 3.21. The molecule has 0 aliphatic heterocycles. The van der Waals surface area contributed by atoms with Crippen LogP contribution in [0.25, 0.3) is 11.7 Å². The van der Waals surface area contributed by atoms with Crippen LogP contribution in [0.15, 0.2) is 43.8 Å². The number of halogens is 7. The van der Waals surface area contributed by atoms with Crippen LogP contribution in [0.2, 0.25) is 0 Å². The number of alkyl halides is 6. The van der Waals surface area contributed by atoms with Crippen LogP contribution in [-0.4, -0.2) is 16.1 Å². The van der Waals surface area contributed by atoms with Crippen molar-refractivity contribution in [1.82, 2.24) is 10.2 Å². The fourth-order valence-corrected chi connectivity index (χ4v) is 2.36. The van der Waals surface area contributed by atoms with E-state index in [-0.39, 0.29) is 29.9 Å². The standard InChI is InChI=1S/C15H6BrF6N3O3/c16-10-2-1-9(27-10)12-24-25-13(28-12)23-11(26)6-3-7(14(17,18)19)5-8(4-6)15(20,21)22/h1-5H,(H,23,25,26). The number of benzene rings is 1. The molecule has 0 aliphatic rings. The lowest BCUT2D eigenvalue weighted by Crippen LogP contribution is -2.17. The van der Waals surface area contributed by atoms with Crippen molar-refractivity contribution in [3.63, 3.8) is 0 Å². The Morgan fingerprint density at radius 3 is 2.04 bits per heavy atom. The van der Waals surface area contributed by atoms with Crippen LogP contribution in [0, 0.1) is 0 Å². The molecule has 148 valence electrons. The minimum atomic E-state index is -5.08. The molecule has 3 aromatic rings. The first kappa shape index (κ1) is 19.9. The molecule has 2 heterocycles. The number of amides is 1. The lowest BCUT2D eigenvalue weighted by atomic mass is 10.0. The molecular formula is C15H6BrF6N3O3. The van der Waals surface area contributed by atoms with E-state index < -0.39 is 41.0 Å². The van der Waals surface area contributed by atoms with Gasteiger partial charge in [-0.15, -0.1) is 5.10 Å². The molecule has 1 amide bonds. The van der Waals surface area contributed by atoms with Crippen LogP contribution in [0.5, 0.6) is 0 Å². The Morgan fingerprint density at radius 2 is 1.54 bits per heavy atom. The Labute approximate surface area is 159 Å². The summed E-state index contributed by atoms with van der Waals surface area (Å²) in [6.07, 6.45) is -10.2. The Balaban J connectivity index is 1.89. The highest BCUT2D eigenvalue weighted by atomic mass is 79.9. The summed E-state index contributed by atoms with van der Waals surface area (Å²) in [5.74, 6) is -1.34. The molecule has 1 N–H and O–H groups in total. The Hall–Kier alpha value is -2.83. The van der Waals surface area contributed by atoms with Crippen molar-refractivity contribution in [2.75, 3.05) is 5.32 Å². The normalized spacial score (nSPS) is 12.2. The minimum Gasteiger partial charge on any atom is -0.444 e. The summed E-state index contributed by atoms with van der Waals surface area (Å²) < 4.78 is 87.7. The summed E-state index contributed by atoms with van der Waals surface area (Å²) in [4.78, 5) is 12.1. The number of nitrogens with zero attached hydrogens (tertiary/aromatic N) is 2. The summed E-state index contributed by atoms with van der Waals surface area (Å²) >= 11 is 3.04. The molecule has 3 rings (SSSR count). The summed E-state index contributed by atoms with van der Waals surface area (Å²) in [7, 11) is 0. The lowest BCUT2D eigenvalue weighted by molar-refractivity contribution is -0.143. The molecule has 0 atom stereocenters. The molecule has 6 nitrogen and oxygen atoms in total. The number of anilines is 1. The van der Waals surface area contributed by atoms with E-state index in [9.17, 15) is 31.1 Å². The third-order valence-corrected chi connectivity index (χ3v) is 3.71. The minimum absolute atomic E-state index is 0.0870. The summed E-state index contributed by atoms with van der Waals surface area (Å²) in [6.45, 7) is 0. The van der Waals surface area contributed by atoms with E-state index in [1.807, 2.05) is 5.32 Å². The van der Waals surface area contributed by atoms with Crippen LogP contribution in [0.4, 0.5) is 32.4 Å². The largest absolute Gasteiger partial charge is 0.444 e. The van der Waals surface area contributed by atoms with Gasteiger partial charge in [-0.3, -0.25) is 10.1 Å². The zero-order valence-corrected chi connectivity index (χ0v) is 14.7. The first-order valence-electron chi connectivity index (χ1n) is 7.13. The maximum Gasteiger partial charge on any atom is 0.416 e. The van der Waals surface area contributed by atoms with Crippen LogP contribution in [-0.2, 0) is 12.4 Å². The number of hydrogen-bond donors (Lipinski definition) is 1. The number of nitrogens with one attached hydrogen (secondary N) is 1. The van der Waals surface area contributed by atoms with Gasteiger partial charge in [0.1, 0.15) is 0 Å². The molecule has 0 unspecified atom stereocenters. The quantitative estimate of drug-likeness (QED) is 0.520. The van der Waals surface area contributed by atoms with E-state index in [1.54, 1.807) is 0 Å². The Bertz CT molecular complexity index is 992. The molecule has 0 radical (unpaired) electrons. The third-order valence-electron chi connectivity index (χ3n) is 3.28. The van der Waals surface area contributed by atoms with Crippen LogP contribution in [0.1, 0.15) is 21.5 Å². The van der Waals surface area contributed by atoms with Gasteiger partial charge in [0.25, 0.3) is 11.8 Å². The highest BCUT2D eigenvalue weighted by Gasteiger charge is 2.37. The van der Waals surface area contributed by atoms with Crippen molar-refractivity contribution in [3.05, 3.63) is 51.7 Å². The number of carbonyl (C=O) groups excluding carboxylic acids is 1. The number of furan rings is 1. The molecule has 0 saturated carbocycles. The fraction of sp³-hybridized carbons (Fsp3) is 0.133. The second-order valence-electron chi connectivity index (χ2n) is 5.26. The zero-order valence-electron chi connectivity index (χ0n) is 13.2. The summed E-state index contributed by atoms with van der Waals surface area (Å²) in [5.41, 5.74) is -4.14. The second-order valence-corrected chi connectivity index (χ2v) is 6.05. The van der Waals surface area contributed by atoms with Gasteiger partial charge in [0.05, 0.1) is 11.1 Å². The van der Waals surface area contributed by atoms with Crippen molar-refractivity contribution in [1.29, 1.82) is 0 Å². The van der Waals surface area contributed by atoms with E-state index in [2.05, 4.69) is 26.1 Å². The molecular weight excluding hydrogens is 464 g/mol. The highest BCUT2D eigenvalue weighted by molar-refractivity contribution is 9.10.